The first-order valence-electron chi connectivity index (χ1n) is 8.64. The van der Waals surface area contributed by atoms with Crippen molar-refractivity contribution in [2.45, 2.75) is 13.0 Å². The molecule has 0 saturated carbocycles. The smallest absolute Gasteiger partial charge is 0.271 e. The molecule has 1 saturated heterocycles. The molecule has 0 aliphatic carbocycles. The third-order valence-electron chi connectivity index (χ3n) is 4.12. The molecule has 28 heavy (non-hydrogen) atoms. The van der Waals surface area contributed by atoms with E-state index < -0.39 is 0 Å². The summed E-state index contributed by atoms with van der Waals surface area (Å²) in [6.45, 7) is 1.89. The minimum Gasteiger partial charge on any atom is -0.353 e. The molecule has 0 atom stereocenters. The van der Waals surface area contributed by atoms with Gasteiger partial charge in [-0.3, -0.25) is 14.4 Å². The van der Waals surface area contributed by atoms with Crippen molar-refractivity contribution in [3.05, 3.63) is 51.5 Å². The zero-order chi connectivity index (χ0) is 19.2. The lowest BCUT2D eigenvalue weighted by molar-refractivity contribution is -0.123. The van der Waals surface area contributed by atoms with Gasteiger partial charge >= 0.3 is 0 Å². The maximum Gasteiger partial charge on any atom is 0.271 e. The van der Waals surface area contributed by atoms with Gasteiger partial charge in [-0.25, -0.2) is 4.98 Å². The van der Waals surface area contributed by atoms with Crippen molar-refractivity contribution < 1.29 is 14.4 Å². The highest BCUT2D eigenvalue weighted by Gasteiger charge is 2.22. The molecule has 0 unspecified atom stereocenters. The van der Waals surface area contributed by atoms with E-state index in [1.165, 1.54) is 16.2 Å². The fourth-order valence-electron chi connectivity index (χ4n) is 2.69. The Balaban J connectivity index is 0.00000280. The number of halogens is 1. The molecule has 2 heterocycles. The standard InChI is InChI=1S/C18H21N5O3S.ClH/c19-6-5-16-22-14(11-27-16)17(25)21-9-12-1-3-13(4-2-12)18(26)23-8-7-20-15(24)10-23;/h1-4,11H,5-10,19H2,(H,20,24)(H,21,25);1H. The second-order valence-corrected chi connectivity index (χ2v) is 7.06. The lowest BCUT2D eigenvalue weighted by Gasteiger charge is -2.26. The van der Waals surface area contributed by atoms with Gasteiger partial charge in [-0.05, 0) is 24.2 Å². The topological polar surface area (TPSA) is 117 Å². The Morgan fingerprint density at radius 3 is 2.71 bits per heavy atom. The van der Waals surface area contributed by atoms with Crippen LogP contribution in [0.1, 0.15) is 31.4 Å². The van der Waals surface area contributed by atoms with Crippen LogP contribution in [0.3, 0.4) is 0 Å². The number of hydrogen-bond donors (Lipinski definition) is 3. The third kappa shape index (κ3) is 5.51. The molecule has 2 aromatic rings. The number of thiazole rings is 1. The number of rotatable bonds is 6. The van der Waals surface area contributed by atoms with E-state index in [4.69, 9.17) is 5.73 Å². The van der Waals surface area contributed by atoms with Crippen molar-refractivity contribution >= 4 is 41.5 Å². The maximum atomic E-state index is 12.4. The number of nitrogens with one attached hydrogen (secondary N) is 2. The summed E-state index contributed by atoms with van der Waals surface area (Å²) in [5.74, 6) is -0.560. The molecule has 0 bridgehead atoms. The molecule has 10 heteroatoms. The van der Waals surface area contributed by atoms with Gasteiger partial charge in [-0.2, -0.15) is 0 Å². The molecule has 1 aliphatic rings. The number of amides is 3. The van der Waals surface area contributed by atoms with Gasteiger partial charge < -0.3 is 21.3 Å². The molecule has 3 rings (SSSR count). The minimum absolute atomic E-state index is 0. The van der Waals surface area contributed by atoms with E-state index >= 15 is 0 Å². The monoisotopic (exact) mass is 423 g/mol. The van der Waals surface area contributed by atoms with Gasteiger partial charge in [0.05, 0.1) is 11.6 Å². The highest BCUT2D eigenvalue weighted by Crippen LogP contribution is 2.11. The zero-order valence-corrected chi connectivity index (χ0v) is 16.8. The summed E-state index contributed by atoms with van der Waals surface area (Å²) in [5.41, 5.74) is 7.26. The van der Waals surface area contributed by atoms with Gasteiger partial charge in [0.2, 0.25) is 5.91 Å². The second-order valence-electron chi connectivity index (χ2n) is 6.12. The van der Waals surface area contributed by atoms with Crippen molar-refractivity contribution in [2.75, 3.05) is 26.2 Å². The Morgan fingerprint density at radius 2 is 2.04 bits per heavy atom. The lowest BCUT2D eigenvalue weighted by atomic mass is 10.1. The Hall–Kier alpha value is -2.49. The van der Waals surface area contributed by atoms with Crippen LogP contribution < -0.4 is 16.4 Å². The summed E-state index contributed by atoms with van der Waals surface area (Å²) in [7, 11) is 0. The van der Waals surface area contributed by atoms with E-state index in [0.717, 1.165) is 10.6 Å². The molecule has 8 nitrogen and oxygen atoms in total. The van der Waals surface area contributed by atoms with Gasteiger partial charge in [0.25, 0.3) is 11.8 Å². The molecule has 1 aromatic carbocycles. The number of carbonyl (C=O) groups is 3. The Labute approximate surface area is 172 Å². The predicted octanol–water partition coefficient (Wildman–Crippen LogP) is 0.568. The Kier molecular flexibility index (Phi) is 7.91. The van der Waals surface area contributed by atoms with Crippen LogP contribution in [-0.4, -0.2) is 53.8 Å². The van der Waals surface area contributed by atoms with Crippen molar-refractivity contribution in [1.29, 1.82) is 0 Å². The van der Waals surface area contributed by atoms with Gasteiger partial charge in [0, 0.05) is 37.0 Å². The van der Waals surface area contributed by atoms with Crippen molar-refractivity contribution in [2.24, 2.45) is 5.73 Å². The molecule has 0 radical (unpaired) electrons. The lowest BCUT2D eigenvalue weighted by Crippen LogP contribution is -2.49. The summed E-state index contributed by atoms with van der Waals surface area (Å²) in [6, 6.07) is 6.99. The van der Waals surface area contributed by atoms with E-state index in [9.17, 15) is 14.4 Å². The first-order valence-corrected chi connectivity index (χ1v) is 9.52. The van der Waals surface area contributed by atoms with Crippen LogP contribution in [0, 0.1) is 0 Å². The second kappa shape index (κ2) is 10.2. The first kappa shape index (κ1) is 21.8. The van der Waals surface area contributed by atoms with E-state index in [1.807, 2.05) is 0 Å². The number of aromatic nitrogens is 1. The summed E-state index contributed by atoms with van der Waals surface area (Å²) in [6.07, 6.45) is 0.659. The molecule has 1 fully saturated rings. The third-order valence-corrected chi connectivity index (χ3v) is 5.03. The fraction of sp³-hybridized carbons (Fsp3) is 0.333. The normalized spacial score (nSPS) is 13.5. The van der Waals surface area contributed by atoms with Gasteiger partial charge in [0.15, 0.2) is 0 Å². The van der Waals surface area contributed by atoms with Crippen LogP contribution in [0.5, 0.6) is 0 Å². The number of benzene rings is 1. The van der Waals surface area contributed by atoms with E-state index in [-0.39, 0.29) is 36.7 Å². The molecule has 4 N–H and O–H groups in total. The number of carbonyl (C=O) groups excluding carboxylic acids is 3. The van der Waals surface area contributed by atoms with Crippen molar-refractivity contribution in [1.82, 2.24) is 20.5 Å². The molecule has 3 amide bonds. The Morgan fingerprint density at radius 1 is 1.29 bits per heavy atom. The Bertz CT molecular complexity index is 840. The van der Waals surface area contributed by atoms with Gasteiger partial charge in [-0.1, -0.05) is 12.1 Å². The van der Waals surface area contributed by atoms with Crippen LogP contribution in [0.4, 0.5) is 0 Å². The molecular weight excluding hydrogens is 402 g/mol. The highest BCUT2D eigenvalue weighted by molar-refractivity contribution is 7.09. The van der Waals surface area contributed by atoms with Crippen molar-refractivity contribution in [3.8, 4) is 0 Å². The summed E-state index contributed by atoms with van der Waals surface area (Å²) >= 11 is 1.42. The molecule has 1 aliphatic heterocycles. The highest BCUT2D eigenvalue weighted by atomic mass is 35.5. The van der Waals surface area contributed by atoms with E-state index in [0.29, 0.717) is 43.9 Å². The molecule has 150 valence electrons. The summed E-state index contributed by atoms with van der Waals surface area (Å²) < 4.78 is 0. The molecular formula is C18H22ClN5O3S. The number of hydrogen-bond acceptors (Lipinski definition) is 6. The van der Waals surface area contributed by atoms with Crippen LogP contribution in [0.25, 0.3) is 0 Å². The maximum absolute atomic E-state index is 12.4. The quantitative estimate of drug-likeness (QED) is 0.627. The largest absolute Gasteiger partial charge is 0.353 e. The van der Waals surface area contributed by atoms with Crippen LogP contribution in [0.15, 0.2) is 29.6 Å². The SMILES string of the molecule is Cl.NCCc1nc(C(=O)NCc2ccc(C(=O)N3CCNC(=O)C3)cc2)cs1. The van der Waals surface area contributed by atoms with Crippen LogP contribution in [-0.2, 0) is 17.8 Å². The number of piperazine rings is 1. The fourth-order valence-corrected chi connectivity index (χ4v) is 3.48. The number of nitrogens with zero attached hydrogens (tertiary/aromatic N) is 2. The molecule has 0 spiro atoms. The summed E-state index contributed by atoms with van der Waals surface area (Å²) in [4.78, 5) is 41.8. The average molecular weight is 424 g/mol. The predicted molar refractivity (Wildman–Crippen MR) is 109 cm³/mol. The minimum atomic E-state index is -0.242. The van der Waals surface area contributed by atoms with Crippen LogP contribution >= 0.6 is 23.7 Å². The summed E-state index contributed by atoms with van der Waals surface area (Å²) in [5, 5.41) is 8.07. The average Bonchev–Trinajstić information content (AvgIpc) is 3.15. The van der Waals surface area contributed by atoms with Crippen LogP contribution in [0.2, 0.25) is 0 Å². The van der Waals surface area contributed by atoms with Crippen molar-refractivity contribution in [3.63, 3.8) is 0 Å². The number of nitrogens with two attached hydrogens (primary N) is 1. The van der Waals surface area contributed by atoms with Gasteiger partial charge in [-0.15, -0.1) is 23.7 Å². The first-order chi connectivity index (χ1) is 13.1. The van der Waals surface area contributed by atoms with E-state index in [2.05, 4.69) is 15.6 Å². The van der Waals surface area contributed by atoms with Gasteiger partial charge in [0.1, 0.15) is 5.69 Å². The zero-order valence-electron chi connectivity index (χ0n) is 15.1. The van der Waals surface area contributed by atoms with E-state index in [1.54, 1.807) is 29.6 Å². The molecule has 1 aromatic heterocycles.